The number of hydrogen-bond acceptors (Lipinski definition) is 9. The molecule has 0 radical (unpaired) electrons. The minimum atomic E-state index is -0.0851. The van der Waals surface area contributed by atoms with E-state index in [9.17, 15) is 38.4 Å². The average Bonchev–Trinajstić information content (AvgIpc) is 1.15. The van der Waals surface area contributed by atoms with Gasteiger partial charge in [0.1, 0.15) is 0 Å². The lowest BCUT2D eigenvalue weighted by molar-refractivity contribution is -0.0476. The molecule has 826 valence electrons. The van der Waals surface area contributed by atoms with E-state index in [1.165, 1.54) is 334 Å². The summed E-state index contributed by atoms with van der Waals surface area (Å²) in [5.74, 6) is 12.5. The van der Waals surface area contributed by atoms with Gasteiger partial charge in [0, 0.05) is 89.9 Å². The van der Waals surface area contributed by atoms with Gasteiger partial charge in [0.15, 0.2) is 0 Å². The van der Waals surface area contributed by atoms with Crippen LogP contribution in [0.2, 0.25) is 0 Å². The number of rotatable bonds is 19. The summed E-state index contributed by atoms with van der Waals surface area (Å²) in [6.45, 7) is 8.90. The SMILES string of the molecule is CC(NC(=O)NC1CCCCC1)C1C2CC3CC(C2)CC1C3.C[C@H](NC(=O)NC1CCCCC1)c1ccccc1.Cc1cccc(C)c1NC(=O)NC1CCCCC1.O=C(NC1CCCCC1)NC12CC3CC(CC(C3)C1)C2.O=C(NC1CCCCC1)NC1C2CC3CC(C2)CC1C3.O=C(NC1CCCCC1)NC1CC2CCC1C2.O=C(NCc1ccccc1)NC1CCCCC1.O=C(Nc1ccccc1)NC1CCCCC1.[SH-]. The van der Waals surface area contributed by atoms with Gasteiger partial charge in [0.2, 0.25) is 0 Å². The Hall–Kier alpha value is -8.61. The summed E-state index contributed by atoms with van der Waals surface area (Å²) in [6, 6.07) is 40.3. The third-order valence-corrected chi connectivity index (χ3v) is 38.4. The second kappa shape index (κ2) is 59.2. The van der Waals surface area contributed by atoms with Crippen LogP contribution in [-0.4, -0.2) is 120 Å². The van der Waals surface area contributed by atoms with Crippen molar-refractivity contribution in [3.63, 3.8) is 0 Å². The van der Waals surface area contributed by atoms with Crippen LogP contribution in [0.1, 0.15) is 427 Å². The molecule has 0 aromatic heterocycles. The molecule has 26 rings (SSSR count). The normalized spacial score (nSPS) is 30.0. The zero-order valence-electron chi connectivity index (χ0n) is 91.8. The number of benzene rings is 4. The van der Waals surface area contributed by atoms with Gasteiger partial charge in [-0.25, -0.2) is 38.4 Å². The Morgan fingerprint density at radius 2 is 0.611 bits per heavy atom. The van der Waals surface area contributed by atoms with E-state index in [1.807, 2.05) is 130 Å². The Balaban J connectivity index is 0.000000128. The monoisotopic (exact) mass is 2070 g/mol. The van der Waals surface area contributed by atoms with E-state index >= 15 is 0 Å². The molecule has 0 heterocycles. The third kappa shape index (κ3) is 36.8. The van der Waals surface area contributed by atoms with Gasteiger partial charge in [-0.3, -0.25) is 0 Å². The van der Waals surface area contributed by atoms with E-state index in [1.54, 1.807) is 0 Å². The fourth-order valence-electron chi connectivity index (χ4n) is 31.9. The molecule has 22 fully saturated rings. The maximum atomic E-state index is 12.4. The zero-order valence-corrected chi connectivity index (χ0v) is 92.6. The van der Waals surface area contributed by atoms with E-state index in [4.69, 9.17) is 0 Å². The lowest BCUT2D eigenvalue weighted by Gasteiger charge is -2.56. The van der Waals surface area contributed by atoms with Gasteiger partial charge in [-0.2, -0.15) is 0 Å². The van der Waals surface area contributed by atoms with Crippen LogP contribution in [-0.2, 0) is 20.0 Å². The molecule has 24 nitrogen and oxygen atoms in total. The highest BCUT2D eigenvalue weighted by Crippen LogP contribution is 2.59. The third-order valence-electron chi connectivity index (χ3n) is 38.4. The Kier molecular flexibility index (Phi) is 45.5. The van der Waals surface area contributed by atoms with Crippen molar-refractivity contribution in [1.82, 2.24) is 74.4 Å². The first-order valence-corrected chi connectivity index (χ1v) is 60.9. The molecule has 149 heavy (non-hydrogen) atoms. The van der Waals surface area contributed by atoms with E-state index in [0.717, 1.165) is 168 Å². The predicted octanol–water partition coefficient (Wildman–Crippen LogP) is 26.7. The lowest BCUT2D eigenvalue weighted by atomic mass is 9.50. The molecule has 0 aliphatic heterocycles. The van der Waals surface area contributed by atoms with E-state index in [2.05, 4.69) is 92.0 Å². The smallest absolute Gasteiger partial charge is 0.319 e. The number of anilines is 2. The van der Waals surface area contributed by atoms with Crippen LogP contribution in [0.25, 0.3) is 0 Å². The number of hydrogen-bond donors (Lipinski definition) is 16. The van der Waals surface area contributed by atoms with E-state index < -0.39 is 0 Å². The van der Waals surface area contributed by atoms with Crippen molar-refractivity contribution in [2.45, 2.75) is 498 Å². The van der Waals surface area contributed by atoms with Gasteiger partial charge in [-0.15, -0.1) is 0 Å². The van der Waals surface area contributed by atoms with Crippen LogP contribution in [0.3, 0.4) is 0 Å². The molecule has 4 aromatic rings. The van der Waals surface area contributed by atoms with Gasteiger partial charge >= 0.3 is 48.2 Å². The second-order valence-corrected chi connectivity index (χ2v) is 50.3. The molecule has 16 amide bonds. The Bertz CT molecular complexity index is 4570. The molecule has 22 aliphatic carbocycles. The summed E-state index contributed by atoms with van der Waals surface area (Å²) in [6.07, 6.45) is 76.6. The highest BCUT2D eigenvalue weighted by Gasteiger charge is 2.54. The molecule has 22 aliphatic rings. The first kappa shape index (κ1) is 114. The molecule has 22 saturated carbocycles. The van der Waals surface area contributed by atoms with Crippen molar-refractivity contribution >= 4 is 73.1 Å². The van der Waals surface area contributed by atoms with Crippen LogP contribution in [0.5, 0.6) is 0 Å². The fraction of sp³-hybridized carbons (Fsp3) is 0.742. The van der Waals surface area contributed by atoms with Crippen LogP contribution in [0, 0.1) is 96.7 Å². The maximum absolute atomic E-state index is 12.4. The summed E-state index contributed by atoms with van der Waals surface area (Å²) < 4.78 is 0. The highest BCUT2D eigenvalue weighted by atomic mass is 32.1. The number of carbonyl (C=O) groups is 8. The first-order chi connectivity index (χ1) is 72.1. The Morgan fingerprint density at radius 1 is 0.282 bits per heavy atom. The molecule has 0 saturated heterocycles. The van der Waals surface area contributed by atoms with Crippen molar-refractivity contribution in [3.8, 4) is 0 Å². The largest absolute Gasteiger partial charge is 0.813 e. The minimum absolute atomic E-state index is 0. The van der Waals surface area contributed by atoms with Crippen LogP contribution >= 0.6 is 0 Å². The lowest BCUT2D eigenvalue weighted by Crippen LogP contribution is -2.62. The molecule has 16 N–H and O–H groups in total. The Labute approximate surface area is 902 Å². The average molecular weight is 2070 g/mol. The van der Waals surface area contributed by atoms with Gasteiger partial charge in [0.25, 0.3) is 0 Å². The fourth-order valence-corrected chi connectivity index (χ4v) is 31.9. The number of urea groups is 8. The maximum Gasteiger partial charge on any atom is 0.319 e. The molecular weight excluding hydrogens is 1870 g/mol. The van der Waals surface area contributed by atoms with Crippen molar-refractivity contribution in [3.05, 3.63) is 131 Å². The van der Waals surface area contributed by atoms with Crippen molar-refractivity contribution in [2.75, 3.05) is 10.6 Å². The highest BCUT2D eigenvalue weighted by molar-refractivity contribution is 7.37. The summed E-state index contributed by atoms with van der Waals surface area (Å²) in [5.41, 5.74) is 6.42. The van der Waals surface area contributed by atoms with Gasteiger partial charge in [-0.05, 0) is 370 Å². The molecule has 4 aromatic carbocycles. The standard InChI is InChI=1S/C19H32N2O.2C17H28N2O.2C15H22N2O.C14H24N2O.C14H20N2O.C13H18N2O.H2S/c1-12(20-19(22)21-17-5-3-2-4-6-17)18-15-8-13-7-14(10-15)11-16(18)9-13;20-16(18-15-4-2-1-3-5-15)19-17-9-12-6-13(10-17)8-14(7-12)11-17;20-17(18-15-4-2-1-3-5-15)19-16-13-7-11-6-12(9-13)10-14(16)8-11;1-11-7-6-8-12(2)14(11)17-15(18)16-13-9-4-3-5-10-13;1-12(13-8-4-2-5-9-13)16-15(18)17-14-10-6-3-7-11-14;17-14(15-12-4-2-1-3-5-12)16-13-9-10-6-7-11(13)8-10;17-14(16-13-9-5-2-6-10-13)15-11-12-7-3-1-4-8-12;16-13(14-11-7-3-1-4-8-11)15-12-9-5-2-6-10-12;/h12-18H,2-11H2,1H3,(H2,20,21,22);12-15H,1-11H2,(H2,18,19,20);11-16H,1-10H2,(H2,18,19,20);6-8,13H,3-5,9-10H2,1-2H3,(H2,16,17,18);2,4-5,8-9,12,14H,3,6-7,10-11H2,1H3,(H2,16,17,18);10-13H,1-9H2,(H2,15,16,17);1,3-4,7-8,13H,2,5-6,9-11H2,(H2,15,16,17);1,3-4,7-8,12H,2,5-6,9-10H2,(H2,14,15,16);1H2/p-1/t;;;;12-;;;;/m....0..../s1. The van der Waals surface area contributed by atoms with Crippen molar-refractivity contribution < 1.29 is 38.4 Å². The molecule has 5 atom stereocenters. The predicted molar refractivity (Wildman–Crippen MR) is 606 cm³/mol. The number of carbonyl (C=O) groups excluding carboxylic acids is 8. The summed E-state index contributed by atoms with van der Waals surface area (Å²) >= 11 is 0. The minimum Gasteiger partial charge on any atom is -0.813 e. The molecule has 25 heteroatoms. The number of amides is 16. The van der Waals surface area contributed by atoms with E-state index in [0.29, 0.717) is 73.0 Å². The van der Waals surface area contributed by atoms with E-state index in [-0.39, 0.29) is 73.3 Å². The van der Waals surface area contributed by atoms with Crippen LogP contribution in [0.4, 0.5) is 49.7 Å². The van der Waals surface area contributed by atoms with Crippen LogP contribution < -0.4 is 85.1 Å². The van der Waals surface area contributed by atoms with Gasteiger partial charge < -0.3 is 98.6 Å². The quantitative estimate of drug-likeness (QED) is 0.0313. The number of aryl methyl sites for hydroxylation is 2. The van der Waals surface area contributed by atoms with Gasteiger partial charge in [0.05, 0.1) is 6.04 Å². The second-order valence-electron chi connectivity index (χ2n) is 50.3. The molecule has 0 spiro atoms. The Morgan fingerprint density at radius 3 is 1.00 bits per heavy atom. The molecule has 14 bridgehead atoms. The topological polar surface area (TPSA) is 329 Å². The van der Waals surface area contributed by atoms with Crippen molar-refractivity contribution in [2.24, 2.45) is 82.9 Å². The summed E-state index contributed by atoms with van der Waals surface area (Å²) in [5, 5.41) is 50.0. The number of para-hydroxylation sites is 2. The van der Waals surface area contributed by atoms with Crippen LogP contribution in [0.15, 0.2) is 109 Å². The summed E-state index contributed by atoms with van der Waals surface area (Å²) in [4.78, 5) is 96.1. The number of nitrogens with one attached hydrogen (secondary N) is 16. The molecular formula is C124H195N16O8S-. The first-order valence-electron chi connectivity index (χ1n) is 60.9. The van der Waals surface area contributed by atoms with Gasteiger partial charge in [-0.1, -0.05) is 258 Å². The molecule has 4 unspecified atom stereocenters. The number of fused-ring (bicyclic) bond motifs is 2. The zero-order chi connectivity index (χ0) is 103. The van der Waals surface area contributed by atoms with Crippen molar-refractivity contribution in [1.29, 1.82) is 0 Å². The number of thiol groups is 1. The summed E-state index contributed by atoms with van der Waals surface area (Å²) in [7, 11) is 0.